The summed E-state index contributed by atoms with van der Waals surface area (Å²) in [7, 11) is 0. The zero-order valence-corrected chi connectivity index (χ0v) is 17.0. The van der Waals surface area contributed by atoms with Crippen molar-refractivity contribution in [1.29, 1.82) is 0 Å². The summed E-state index contributed by atoms with van der Waals surface area (Å²) in [6.07, 6.45) is 0. The number of esters is 1. The van der Waals surface area contributed by atoms with Gasteiger partial charge in [0.15, 0.2) is 12.4 Å². The summed E-state index contributed by atoms with van der Waals surface area (Å²) in [5, 5.41) is 8.91. The number of aryl methyl sites for hydroxylation is 1. The minimum absolute atomic E-state index is 0.0501. The summed E-state index contributed by atoms with van der Waals surface area (Å²) in [5.41, 5.74) is 0.618. The molecule has 0 fully saturated rings. The number of hydrogen-bond donors (Lipinski definition) is 0. The van der Waals surface area contributed by atoms with Crippen molar-refractivity contribution in [2.75, 3.05) is 11.5 Å². The van der Waals surface area contributed by atoms with E-state index in [1.54, 1.807) is 19.1 Å². The molecule has 0 bridgehead atoms. The largest absolute Gasteiger partial charge is 0.454 e. The molecule has 30 heavy (non-hydrogen) atoms. The van der Waals surface area contributed by atoms with Crippen molar-refractivity contribution in [1.82, 2.24) is 10.2 Å². The van der Waals surface area contributed by atoms with Gasteiger partial charge in [0.25, 0.3) is 11.8 Å². The van der Waals surface area contributed by atoms with Crippen LogP contribution in [0, 0.1) is 6.92 Å². The van der Waals surface area contributed by atoms with Crippen LogP contribution in [0.2, 0.25) is 5.02 Å². The summed E-state index contributed by atoms with van der Waals surface area (Å²) in [5.74, 6) is -2.32. The Kier molecular flexibility index (Phi) is 5.15. The van der Waals surface area contributed by atoms with E-state index in [9.17, 15) is 19.2 Å². The van der Waals surface area contributed by atoms with Crippen LogP contribution in [0.1, 0.15) is 46.4 Å². The number of anilines is 1. The molecule has 2 amide bonds. The van der Waals surface area contributed by atoms with Crippen LogP contribution in [0.25, 0.3) is 0 Å². The highest BCUT2D eigenvalue weighted by Crippen LogP contribution is 2.31. The van der Waals surface area contributed by atoms with Crippen molar-refractivity contribution in [2.45, 2.75) is 6.92 Å². The number of ketones is 1. The Bertz CT molecular complexity index is 1210. The Morgan fingerprint density at radius 2 is 1.67 bits per heavy atom. The molecule has 2 heterocycles. The van der Waals surface area contributed by atoms with Gasteiger partial charge < -0.3 is 4.74 Å². The molecule has 4 rings (SSSR count). The molecule has 2 aromatic carbocycles. The van der Waals surface area contributed by atoms with E-state index >= 15 is 0 Å². The lowest BCUT2D eigenvalue weighted by molar-refractivity contribution is 0.0474. The first-order valence-electron chi connectivity index (χ1n) is 8.64. The minimum Gasteiger partial charge on any atom is -0.454 e. The second kappa shape index (κ2) is 7.77. The van der Waals surface area contributed by atoms with Gasteiger partial charge in [-0.1, -0.05) is 22.9 Å². The highest BCUT2D eigenvalue weighted by atomic mass is 35.5. The molecule has 0 N–H and O–H groups in total. The molecule has 0 radical (unpaired) electrons. The maximum absolute atomic E-state index is 12.7. The Labute approximate surface area is 179 Å². The van der Waals surface area contributed by atoms with E-state index in [1.165, 1.54) is 30.3 Å². The van der Waals surface area contributed by atoms with E-state index in [4.69, 9.17) is 16.3 Å². The van der Waals surface area contributed by atoms with Gasteiger partial charge in [0.2, 0.25) is 5.13 Å². The maximum Gasteiger partial charge on any atom is 0.338 e. The molecular formula is C20H12ClN3O5S. The zero-order valence-electron chi connectivity index (χ0n) is 15.4. The van der Waals surface area contributed by atoms with Gasteiger partial charge in [-0.2, -0.15) is 0 Å². The predicted molar refractivity (Wildman–Crippen MR) is 108 cm³/mol. The molecule has 1 aliphatic rings. The van der Waals surface area contributed by atoms with Gasteiger partial charge in [-0.15, -0.1) is 10.2 Å². The summed E-state index contributed by atoms with van der Waals surface area (Å²) in [6.45, 7) is 1.24. The molecule has 8 nitrogen and oxygen atoms in total. The third-order valence-corrected chi connectivity index (χ3v) is 5.41. The Morgan fingerprint density at radius 1 is 1.00 bits per heavy atom. The second-order valence-corrected chi connectivity index (χ2v) is 7.91. The number of halogens is 1. The number of nitrogens with zero attached hydrogens (tertiary/aromatic N) is 3. The van der Waals surface area contributed by atoms with E-state index in [-0.39, 0.29) is 21.8 Å². The third kappa shape index (κ3) is 3.60. The maximum atomic E-state index is 12.7. The number of benzene rings is 2. The van der Waals surface area contributed by atoms with E-state index < -0.39 is 30.2 Å². The number of fused-ring (bicyclic) bond motifs is 1. The monoisotopic (exact) mass is 441 g/mol. The predicted octanol–water partition coefficient (Wildman–Crippen LogP) is 3.34. The topological polar surface area (TPSA) is 107 Å². The van der Waals surface area contributed by atoms with E-state index in [0.29, 0.717) is 15.6 Å². The molecule has 0 aliphatic carbocycles. The highest BCUT2D eigenvalue weighted by molar-refractivity contribution is 7.15. The number of hydrogen-bond acceptors (Lipinski definition) is 8. The van der Waals surface area contributed by atoms with Gasteiger partial charge in [0.1, 0.15) is 5.01 Å². The summed E-state index contributed by atoms with van der Waals surface area (Å²) in [4.78, 5) is 50.7. The molecule has 3 aromatic rings. The second-order valence-electron chi connectivity index (χ2n) is 6.32. The molecule has 1 aliphatic heterocycles. The normalized spacial score (nSPS) is 12.8. The lowest BCUT2D eigenvalue weighted by Crippen LogP contribution is -2.29. The minimum atomic E-state index is -0.787. The van der Waals surface area contributed by atoms with Crippen molar-refractivity contribution >= 4 is 51.6 Å². The first-order chi connectivity index (χ1) is 14.3. The molecule has 10 heteroatoms. The average molecular weight is 442 g/mol. The van der Waals surface area contributed by atoms with E-state index in [1.807, 2.05) is 0 Å². The molecule has 0 saturated heterocycles. The number of ether oxygens (including phenoxy) is 1. The molecule has 150 valence electrons. The van der Waals surface area contributed by atoms with Crippen LogP contribution in [0.5, 0.6) is 0 Å². The number of imide groups is 1. The van der Waals surface area contributed by atoms with Gasteiger partial charge in [0.05, 0.1) is 16.7 Å². The summed E-state index contributed by atoms with van der Waals surface area (Å²) in [6, 6.07) is 10.2. The average Bonchev–Trinajstić information content (AvgIpc) is 3.27. The fourth-order valence-electron chi connectivity index (χ4n) is 2.85. The van der Waals surface area contributed by atoms with Crippen LogP contribution in [-0.2, 0) is 4.74 Å². The SMILES string of the molecule is Cc1nnc(N2C(=O)c3ccc(C(=O)OCC(=O)c4ccc(Cl)cc4)cc3C2=O)s1. The number of carbonyl (C=O) groups is 4. The van der Waals surface area contributed by atoms with Crippen LogP contribution in [0.4, 0.5) is 5.13 Å². The van der Waals surface area contributed by atoms with Crippen molar-refractivity contribution in [3.63, 3.8) is 0 Å². The van der Waals surface area contributed by atoms with Gasteiger partial charge in [-0.25, -0.2) is 9.69 Å². The standard InChI is InChI=1S/C20H12ClN3O5S/c1-10-22-23-20(30-10)24-17(26)14-7-4-12(8-15(14)18(24)27)19(28)29-9-16(25)11-2-5-13(21)6-3-11/h2-8H,9H2,1H3. The van der Waals surface area contributed by atoms with Crippen molar-refractivity contribution in [3.8, 4) is 0 Å². The molecule has 0 saturated carbocycles. The lowest BCUT2D eigenvalue weighted by Gasteiger charge is -2.07. The van der Waals surface area contributed by atoms with Gasteiger partial charge >= 0.3 is 5.97 Å². The number of Topliss-reactive ketones (excluding diaryl/α,β-unsaturated/α-hetero) is 1. The Morgan fingerprint density at radius 3 is 2.33 bits per heavy atom. The van der Waals surface area contributed by atoms with Gasteiger partial charge in [0, 0.05) is 10.6 Å². The number of carbonyl (C=O) groups excluding carboxylic acids is 4. The third-order valence-electron chi connectivity index (χ3n) is 4.33. The van der Waals surface area contributed by atoms with Crippen LogP contribution >= 0.6 is 22.9 Å². The molecule has 0 unspecified atom stereocenters. The summed E-state index contributed by atoms with van der Waals surface area (Å²) >= 11 is 6.89. The van der Waals surface area contributed by atoms with Crippen LogP contribution in [0.15, 0.2) is 42.5 Å². The van der Waals surface area contributed by atoms with Crippen molar-refractivity contribution in [2.24, 2.45) is 0 Å². The van der Waals surface area contributed by atoms with Crippen molar-refractivity contribution < 1.29 is 23.9 Å². The van der Waals surface area contributed by atoms with E-state index in [0.717, 1.165) is 16.2 Å². The van der Waals surface area contributed by atoms with Gasteiger partial charge in [-0.3, -0.25) is 14.4 Å². The smallest absolute Gasteiger partial charge is 0.338 e. The summed E-state index contributed by atoms with van der Waals surface area (Å²) < 4.78 is 5.06. The zero-order chi connectivity index (χ0) is 21.4. The highest BCUT2D eigenvalue weighted by Gasteiger charge is 2.39. The fraction of sp³-hybridized carbons (Fsp3) is 0.100. The Balaban J connectivity index is 1.49. The lowest BCUT2D eigenvalue weighted by atomic mass is 10.1. The number of rotatable bonds is 5. The van der Waals surface area contributed by atoms with Gasteiger partial charge in [-0.05, 0) is 49.4 Å². The quantitative estimate of drug-likeness (QED) is 0.339. The van der Waals surface area contributed by atoms with E-state index in [2.05, 4.69) is 10.2 Å². The molecule has 0 atom stereocenters. The van der Waals surface area contributed by atoms with Crippen LogP contribution < -0.4 is 4.90 Å². The number of aromatic nitrogens is 2. The first kappa shape index (κ1) is 19.9. The number of amides is 2. The molecular weight excluding hydrogens is 430 g/mol. The van der Waals surface area contributed by atoms with Crippen LogP contribution in [0.3, 0.4) is 0 Å². The van der Waals surface area contributed by atoms with Crippen LogP contribution in [-0.4, -0.2) is 40.4 Å². The molecule has 0 spiro atoms. The fourth-order valence-corrected chi connectivity index (χ4v) is 3.66. The molecule has 1 aromatic heterocycles. The van der Waals surface area contributed by atoms with Crippen molar-refractivity contribution in [3.05, 3.63) is 74.7 Å². The Hall–Kier alpha value is -3.43. The first-order valence-corrected chi connectivity index (χ1v) is 9.83.